The monoisotopic (exact) mass is 392 g/mol. The van der Waals surface area contributed by atoms with Crippen LogP contribution in [0.1, 0.15) is 36.2 Å². The summed E-state index contributed by atoms with van der Waals surface area (Å²) < 4.78 is 1.65. The number of allylic oxidation sites excluding steroid dienone is 2. The molecule has 1 atom stereocenters. The maximum Gasteiger partial charge on any atom is 0.242 e. The van der Waals surface area contributed by atoms with Gasteiger partial charge in [0, 0.05) is 17.8 Å². The van der Waals surface area contributed by atoms with Crippen molar-refractivity contribution in [3.8, 4) is 11.5 Å². The van der Waals surface area contributed by atoms with Crippen LogP contribution in [0.4, 0.5) is 5.95 Å². The van der Waals surface area contributed by atoms with Gasteiger partial charge >= 0.3 is 0 Å². The predicted molar refractivity (Wildman–Crippen MR) is 111 cm³/mol. The molecule has 3 N–H and O–H groups in total. The summed E-state index contributed by atoms with van der Waals surface area (Å²) in [6.07, 6.45) is 8.12. The van der Waals surface area contributed by atoms with Gasteiger partial charge in [0.15, 0.2) is 5.65 Å². The quantitative estimate of drug-likeness (QED) is 0.575. The Balaban J connectivity index is 1.83. The van der Waals surface area contributed by atoms with E-state index in [1.54, 1.807) is 10.6 Å². The van der Waals surface area contributed by atoms with Crippen LogP contribution >= 0.6 is 0 Å². The van der Waals surface area contributed by atoms with Gasteiger partial charge in [0.2, 0.25) is 17.7 Å². The third-order valence-electron chi connectivity index (χ3n) is 4.88. The van der Waals surface area contributed by atoms with E-state index in [0.29, 0.717) is 29.7 Å². The smallest absolute Gasteiger partial charge is 0.242 e. The number of carbonyl (C=O) groups excluding carboxylic acids is 1. The molecule has 4 heterocycles. The summed E-state index contributed by atoms with van der Waals surface area (Å²) >= 11 is 0. The van der Waals surface area contributed by atoms with Gasteiger partial charge in [-0.05, 0) is 45.3 Å². The van der Waals surface area contributed by atoms with E-state index in [0.717, 1.165) is 36.2 Å². The van der Waals surface area contributed by atoms with E-state index >= 15 is 0 Å². The number of rotatable bonds is 5. The molecule has 9 heteroatoms. The number of aryl methyl sites for hydroxylation is 2. The second kappa shape index (κ2) is 7.86. The molecule has 1 saturated heterocycles. The van der Waals surface area contributed by atoms with Crippen LogP contribution in [0.25, 0.3) is 23.2 Å². The molecule has 0 aliphatic carbocycles. The number of amides is 1. The maximum atomic E-state index is 12.4. The first-order valence-corrected chi connectivity index (χ1v) is 9.70. The Morgan fingerprint density at radius 2 is 2.17 bits per heavy atom. The Kier molecular flexibility index (Phi) is 5.11. The molecule has 150 valence electrons. The number of H-pyrrole nitrogens is 1. The Morgan fingerprint density at radius 3 is 2.93 bits per heavy atom. The second-order valence-corrected chi connectivity index (χ2v) is 7.12. The average Bonchev–Trinajstić information content (AvgIpc) is 3.27. The van der Waals surface area contributed by atoms with E-state index in [2.05, 4.69) is 37.5 Å². The van der Waals surface area contributed by atoms with Crippen molar-refractivity contribution in [1.82, 2.24) is 35.1 Å². The Labute approximate surface area is 168 Å². The van der Waals surface area contributed by atoms with Gasteiger partial charge in [0.25, 0.3) is 0 Å². The standard InChI is InChI=1S/C20H24N8O/c1-4-5-8-14-13(3)22-20(23-15-9-6-7-10-21-19(15)29)28-18(14)24-17(27-28)16-11-12(2)25-26-16/h4-5,8,11,15H,1,6-7,9-10H2,2-3H3,(H,21,29)(H,22,23)(H,25,26)/b8-5-/t15-/m1/s1. The van der Waals surface area contributed by atoms with Gasteiger partial charge in [-0.15, -0.1) is 5.10 Å². The normalized spacial score (nSPS) is 17.4. The number of aromatic amines is 1. The summed E-state index contributed by atoms with van der Waals surface area (Å²) in [5, 5.41) is 18.0. The molecule has 0 aromatic carbocycles. The summed E-state index contributed by atoms with van der Waals surface area (Å²) in [6.45, 7) is 8.27. The first-order chi connectivity index (χ1) is 14.1. The minimum absolute atomic E-state index is 0.0194. The van der Waals surface area contributed by atoms with Crippen LogP contribution in [0.2, 0.25) is 0 Å². The Morgan fingerprint density at radius 1 is 1.31 bits per heavy atom. The van der Waals surface area contributed by atoms with Gasteiger partial charge in [0.1, 0.15) is 11.7 Å². The number of hydrogen-bond donors (Lipinski definition) is 3. The molecular formula is C20H24N8O. The van der Waals surface area contributed by atoms with E-state index in [1.807, 2.05) is 32.1 Å². The maximum absolute atomic E-state index is 12.4. The first-order valence-electron chi connectivity index (χ1n) is 9.70. The van der Waals surface area contributed by atoms with E-state index < -0.39 is 0 Å². The van der Waals surface area contributed by atoms with Gasteiger partial charge in [-0.2, -0.15) is 9.61 Å². The van der Waals surface area contributed by atoms with E-state index in [4.69, 9.17) is 4.98 Å². The lowest BCUT2D eigenvalue weighted by Gasteiger charge is -2.17. The molecular weight excluding hydrogens is 368 g/mol. The molecule has 4 rings (SSSR count). The van der Waals surface area contributed by atoms with Crippen molar-refractivity contribution in [1.29, 1.82) is 0 Å². The molecule has 1 fully saturated rings. The number of aromatic nitrogens is 6. The van der Waals surface area contributed by atoms with Crippen molar-refractivity contribution in [3.05, 3.63) is 41.7 Å². The first kappa shape index (κ1) is 18.9. The SMILES string of the molecule is C=C/C=C\c1c(C)nc(N[C@@H]2CCCCNC2=O)n2nc(-c3cc(C)[nH]n3)nc12. The van der Waals surface area contributed by atoms with Crippen molar-refractivity contribution in [2.75, 3.05) is 11.9 Å². The minimum atomic E-state index is -0.359. The summed E-state index contributed by atoms with van der Waals surface area (Å²) in [5.41, 5.74) is 3.84. The molecule has 3 aromatic rings. The van der Waals surface area contributed by atoms with Gasteiger partial charge in [-0.1, -0.05) is 18.7 Å². The van der Waals surface area contributed by atoms with Crippen molar-refractivity contribution in [2.24, 2.45) is 0 Å². The van der Waals surface area contributed by atoms with Crippen LogP contribution in [0, 0.1) is 13.8 Å². The molecule has 1 aliphatic rings. The topological polar surface area (TPSA) is 113 Å². The summed E-state index contributed by atoms with van der Waals surface area (Å²) in [7, 11) is 0. The Hall–Kier alpha value is -3.49. The number of fused-ring (bicyclic) bond motifs is 1. The van der Waals surface area contributed by atoms with E-state index in [-0.39, 0.29) is 11.9 Å². The highest BCUT2D eigenvalue weighted by Gasteiger charge is 2.24. The van der Waals surface area contributed by atoms with Crippen molar-refractivity contribution >= 4 is 23.6 Å². The Bertz CT molecular complexity index is 1090. The fourth-order valence-corrected chi connectivity index (χ4v) is 3.39. The minimum Gasteiger partial charge on any atom is -0.354 e. The molecule has 0 unspecified atom stereocenters. The van der Waals surface area contributed by atoms with Crippen molar-refractivity contribution in [2.45, 2.75) is 39.2 Å². The third-order valence-corrected chi connectivity index (χ3v) is 4.88. The highest BCUT2D eigenvalue weighted by atomic mass is 16.2. The zero-order valence-corrected chi connectivity index (χ0v) is 16.6. The molecule has 1 amide bonds. The zero-order valence-electron chi connectivity index (χ0n) is 16.6. The summed E-state index contributed by atoms with van der Waals surface area (Å²) in [5.74, 6) is 0.957. The van der Waals surface area contributed by atoms with Gasteiger partial charge in [-0.25, -0.2) is 9.97 Å². The molecule has 3 aromatic heterocycles. The molecule has 0 bridgehead atoms. The third kappa shape index (κ3) is 3.75. The molecule has 0 radical (unpaired) electrons. The van der Waals surface area contributed by atoms with Crippen LogP contribution in [0.5, 0.6) is 0 Å². The highest BCUT2D eigenvalue weighted by Crippen LogP contribution is 2.23. The van der Waals surface area contributed by atoms with E-state index in [1.165, 1.54) is 0 Å². The molecule has 1 aliphatic heterocycles. The molecule has 9 nitrogen and oxygen atoms in total. The number of hydrogen-bond acceptors (Lipinski definition) is 6. The number of anilines is 1. The largest absolute Gasteiger partial charge is 0.354 e. The van der Waals surface area contributed by atoms with Crippen LogP contribution in [-0.2, 0) is 4.79 Å². The summed E-state index contributed by atoms with van der Waals surface area (Å²) in [6, 6.07) is 1.53. The highest BCUT2D eigenvalue weighted by molar-refractivity contribution is 5.84. The number of nitrogens with one attached hydrogen (secondary N) is 3. The zero-order chi connectivity index (χ0) is 20.4. The van der Waals surface area contributed by atoms with Crippen LogP contribution in [0.15, 0.2) is 24.8 Å². The van der Waals surface area contributed by atoms with Crippen molar-refractivity contribution < 1.29 is 4.79 Å². The lowest BCUT2D eigenvalue weighted by Crippen LogP contribution is -2.38. The molecule has 0 spiro atoms. The fraction of sp³-hybridized carbons (Fsp3) is 0.350. The second-order valence-electron chi connectivity index (χ2n) is 7.12. The van der Waals surface area contributed by atoms with Crippen LogP contribution in [-0.4, -0.2) is 48.3 Å². The number of nitrogens with zero attached hydrogens (tertiary/aromatic N) is 5. The lowest BCUT2D eigenvalue weighted by atomic mass is 10.1. The van der Waals surface area contributed by atoms with Gasteiger partial charge < -0.3 is 10.6 Å². The van der Waals surface area contributed by atoms with Crippen molar-refractivity contribution in [3.63, 3.8) is 0 Å². The van der Waals surface area contributed by atoms with E-state index in [9.17, 15) is 4.79 Å². The van der Waals surface area contributed by atoms with Gasteiger partial charge in [0.05, 0.1) is 5.69 Å². The molecule has 29 heavy (non-hydrogen) atoms. The van der Waals surface area contributed by atoms with Gasteiger partial charge in [-0.3, -0.25) is 9.89 Å². The fourth-order valence-electron chi connectivity index (χ4n) is 3.39. The molecule has 0 saturated carbocycles. The summed E-state index contributed by atoms with van der Waals surface area (Å²) in [4.78, 5) is 21.8. The average molecular weight is 392 g/mol. The lowest BCUT2D eigenvalue weighted by molar-refractivity contribution is -0.121. The van der Waals surface area contributed by atoms with Crippen LogP contribution < -0.4 is 10.6 Å². The predicted octanol–water partition coefficient (Wildman–Crippen LogP) is 2.41. The van der Waals surface area contributed by atoms with Crippen LogP contribution in [0.3, 0.4) is 0 Å². The number of carbonyl (C=O) groups is 1.